The van der Waals surface area contributed by atoms with Crippen molar-refractivity contribution in [3.05, 3.63) is 88.4 Å². The molecule has 1 aliphatic heterocycles. The molecule has 1 saturated heterocycles. The molecule has 196 valence electrons. The molecule has 1 fully saturated rings. The third kappa shape index (κ3) is 7.01. The number of carbonyl (C=O) groups excluding carboxylic acids is 3. The second-order valence-corrected chi connectivity index (χ2v) is 12.0. The quantitative estimate of drug-likeness (QED) is 0.194. The Morgan fingerprint density at radius 2 is 1.84 bits per heavy atom. The normalized spacial score (nSPS) is 14.2. The smallest absolute Gasteiger partial charge is 0.293 e. The highest BCUT2D eigenvalue weighted by Gasteiger charge is 2.35. The minimum absolute atomic E-state index is 0.212. The van der Waals surface area contributed by atoms with Crippen molar-refractivity contribution in [3.8, 4) is 11.5 Å². The van der Waals surface area contributed by atoms with Crippen LogP contribution in [0, 0.1) is 14.1 Å². The third-order valence-electron chi connectivity index (χ3n) is 5.48. The zero-order valence-corrected chi connectivity index (χ0v) is 26.1. The number of amides is 3. The van der Waals surface area contributed by atoms with Crippen LogP contribution in [0.5, 0.6) is 11.5 Å². The van der Waals surface area contributed by atoms with E-state index in [-0.39, 0.29) is 30.2 Å². The summed E-state index contributed by atoms with van der Waals surface area (Å²) in [6.45, 7) is 1.85. The maximum atomic E-state index is 13.0. The summed E-state index contributed by atoms with van der Waals surface area (Å²) >= 11 is 11.3. The molecule has 1 heterocycles. The second kappa shape index (κ2) is 12.7. The summed E-state index contributed by atoms with van der Waals surface area (Å²) in [6, 6.07) is 16.4. The van der Waals surface area contributed by atoms with E-state index < -0.39 is 0 Å². The number of anilines is 1. The highest BCUT2D eigenvalue weighted by atomic mass is 127. The van der Waals surface area contributed by atoms with Crippen LogP contribution in [0.1, 0.15) is 16.7 Å². The molecule has 0 saturated carbocycles. The number of benzene rings is 3. The number of aryl methyl sites for hydroxylation is 1. The van der Waals surface area contributed by atoms with Gasteiger partial charge in [0.2, 0.25) is 0 Å². The van der Waals surface area contributed by atoms with Crippen LogP contribution in [0.4, 0.5) is 10.5 Å². The first kappa shape index (κ1) is 28.7. The van der Waals surface area contributed by atoms with Crippen molar-refractivity contribution in [1.29, 1.82) is 0 Å². The number of halogens is 3. The fraction of sp³-hybridized carbons (Fsp3) is 0.148. The summed E-state index contributed by atoms with van der Waals surface area (Å²) in [5.41, 5.74) is 3.02. The van der Waals surface area contributed by atoms with Gasteiger partial charge in [-0.05, 0) is 123 Å². The molecule has 3 aromatic carbocycles. The van der Waals surface area contributed by atoms with Gasteiger partial charge in [0.05, 0.1) is 22.1 Å². The Balaban J connectivity index is 1.45. The van der Waals surface area contributed by atoms with Gasteiger partial charge in [-0.25, -0.2) is 0 Å². The lowest BCUT2D eigenvalue weighted by molar-refractivity contribution is -0.123. The molecule has 3 amide bonds. The van der Waals surface area contributed by atoms with Crippen LogP contribution in [0.15, 0.2) is 59.5 Å². The summed E-state index contributed by atoms with van der Waals surface area (Å²) in [4.78, 5) is 39.5. The number of nitrogens with one attached hydrogen (secondary N) is 1. The number of methoxy groups -OCH3 is 1. The Morgan fingerprint density at radius 1 is 1.11 bits per heavy atom. The lowest BCUT2D eigenvalue weighted by atomic mass is 10.1. The number of imide groups is 1. The van der Waals surface area contributed by atoms with Gasteiger partial charge in [0.25, 0.3) is 17.1 Å². The molecule has 0 unspecified atom stereocenters. The molecular formula is C27H21ClI2N2O5S. The number of rotatable bonds is 8. The van der Waals surface area contributed by atoms with Crippen molar-refractivity contribution in [2.75, 3.05) is 19.0 Å². The highest BCUT2D eigenvalue weighted by Crippen LogP contribution is 2.37. The van der Waals surface area contributed by atoms with E-state index in [1.54, 1.807) is 30.3 Å². The minimum Gasteiger partial charge on any atom is -0.493 e. The first-order valence-electron chi connectivity index (χ1n) is 11.2. The molecule has 0 atom stereocenters. The van der Waals surface area contributed by atoms with Gasteiger partial charge in [0.15, 0.2) is 18.1 Å². The molecule has 7 nitrogen and oxygen atoms in total. The maximum Gasteiger partial charge on any atom is 0.293 e. The molecule has 0 aliphatic carbocycles. The Bertz CT molecular complexity index is 1450. The zero-order valence-electron chi connectivity index (χ0n) is 20.2. The van der Waals surface area contributed by atoms with Crippen LogP contribution in [-0.2, 0) is 16.1 Å². The summed E-state index contributed by atoms with van der Waals surface area (Å²) in [7, 11) is 1.49. The Morgan fingerprint density at radius 3 is 2.53 bits per heavy atom. The Hall–Kier alpha value is -2.29. The van der Waals surface area contributed by atoms with Crippen molar-refractivity contribution >= 4 is 97.4 Å². The van der Waals surface area contributed by atoms with E-state index in [9.17, 15) is 14.4 Å². The SMILES string of the molecule is COc1cc(/C=C2\SC(=O)N(Cc3ccc(I)cc3)C2=O)cc(I)c1OCC(=O)Nc1ccc(C)c(Cl)c1. The molecule has 11 heteroatoms. The van der Waals surface area contributed by atoms with Gasteiger partial charge in [-0.2, -0.15) is 0 Å². The predicted molar refractivity (Wildman–Crippen MR) is 167 cm³/mol. The van der Waals surface area contributed by atoms with E-state index in [1.807, 2.05) is 37.3 Å². The van der Waals surface area contributed by atoms with Crippen LogP contribution >= 0.6 is 68.5 Å². The molecule has 3 aromatic rings. The van der Waals surface area contributed by atoms with Gasteiger partial charge in [0.1, 0.15) is 0 Å². The molecular weight excluding hydrogens is 754 g/mol. The van der Waals surface area contributed by atoms with Gasteiger partial charge in [-0.15, -0.1) is 0 Å². The van der Waals surface area contributed by atoms with Gasteiger partial charge in [-0.1, -0.05) is 29.8 Å². The molecule has 0 spiro atoms. The summed E-state index contributed by atoms with van der Waals surface area (Å²) in [5, 5.41) is 2.99. The van der Waals surface area contributed by atoms with E-state index >= 15 is 0 Å². The second-order valence-electron chi connectivity index (χ2n) is 8.23. The number of hydrogen-bond acceptors (Lipinski definition) is 6. The van der Waals surface area contributed by atoms with Crippen molar-refractivity contribution in [3.63, 3.8) is 0 Å². The standard InChI is InChI=1S/C27H21ClI2N2O5S/c1-15-3-8-19(12-20(15)28)31-24(33)14-37-25-21(30)9-17(10-22(25)36-2)11-23-26(34)32(27(35)38-23)13-16-4-6-18(29)7-5-16/h3-12H,13-14H2,1-2H3,(H,31,33)/b23-11-. The lowest BCUT2D eigenvalue weighted by Gasteiger charge is -2.14. The first-order chi connectivity index (χ1) is 18.1. The monoisotopic (exact) mass is 774 g/mol. The number of carbonyl (C=O) groups is 3. The average Bonchev–Trinajstić information content (AvgIpc) is 3.13. The van der Waals surface area contributed by atoms with Crippen molar-refractivity contribution in [2.24, 2.45) is 0 Å². The van der Waals surface area contributed by atoms with Crippen LogP contribution in [0.3, 0.4) is 0 Å². The molecule has 1 N–H and O–H groups in total. The largest absolute Gasteiger partial charge is 0.493 e. The summed E-state index contributed by atoms with van der Waals surface area (Å²) in [5.74, 6) is 0.0935. The number of nitrogens with zero attached hydrogens (tertiary/aromatic N) is 1. The van der Waals surface area contributed by atoms with Crippen LogP contribution in [0.2, 0.25) is 5.02 Å². The molecule has 0 bridgehead atoms. The van der Waals surface area contributed by atoms with Crippen LogP contribution in [-0.4, -0.2) is 35.7 Å². The van der Waals surface area contributed by atoms with E-state index in [0.717, 1.165) is 26.5 Å². The number of ether oxygens (including phenoxy) is 2. The Labute approximate surface area is 256 Å². The fourth-order valence-electron chi connectivity index (χ4n) is 3.53. The highest BCUT2D eigenvalue weighted by molar-refractivity contribution is 14.1. The van der Waals surface area contributed by atoms with Gasteiger partial charge < -0.3 is 14.8 Å². The van der Waals surface area contributed by atoms with Gasteiger partial charge in [-0.3, -0.25) is 19.3 Å². The fourth-order valence-corrected chi connectivity index (χ4v) is 5.69. The predicted octanol–water partition coefficient (Wildman–Crippen LogP) is 7.12. The lowest BCUT2D eigenvalue weighted by Crippen LogP contribution is -2.27. The minimum atomic E-state index is -0.353. The molecule has 38 heavy (non-hydrogen) atoms. The molecule has 0 radical (unpaired) electrons. The third-order valence-corrected chi connectivity index (χ3v) is 8.32. The number of hydrogen-bond donors (Lipinski definition) is 1. The van der Waals surface area contributed by atoms with Crippen molar-refractivity contribution < 1.29 is 23.9 Å². The van der Waals surface area contributed by atoms with E-state index in [0.29, 0.717) is 36.2 Å². The Kier molecular flexibility index (Phi) is 9.60. The van der Waals surface area contributed by atoms with Crippen LogP contribution < -0.4 is 14.8 Å². The van der Waals surface area contributed by atoms with E-state index in [4.69, 9.17) is 21.1 Å². The number of thioether (sulfide) groups is 1. The van der Waals surface area contributed by atoms with Crippen molar-refractivity contribution in [2.45, 2.75) is 13.5 Å². The molecule has 4 rings (SSSR count). The topological polar surface area (TPSA) is 84.9 Å². The first-order valence-corrected chi connectivity index (χ1v) is 14.6. The van der Waals surface area contributed by atoms with Crippen LogP contribution in [0.25, 0.3) is 6.08 Å². The summed E-state index contributed by atoms with van der Waals surface area (Å²) < 4.78 is 13.0. The zero-order chi connectivity index (χ0) is 27.4. The van der Waals surface area contributed by atoms with E-state index in [1.165, 1.54) is 12.0 Å². The summed E-state index contributed by atoms with van der Waals surface area (Å²) in [6.07, 6.45) is 1.65. The van der Waals surface area contributed by atoms with Gasteiger partial charge in [0, 0.05) is 14.3 Å². The molecule has 1 aliphatic rings. The molecule has 0 aromatic heterocycles. The average molecular weight is 775 g/mol. The van der Waals surface area contributed by atoms with Crippen molar-refractivity contribution in [1.82, 2.24) is 4.90 Å². The maximum absolute atomic E-state index is 13.0. The van der Waals surface area contributed by atoms with E-state index in [2.05, 4.69) is 50.5 Å². The van der Waals surface area contributed by atoms with Gasteiger partial charge >= 0.3 is 0 Å².